The highest BCUT2D eigenvalue weighted by Crippen LogP contribution is 2.17. The zero-order valence-electron chi connectivity index (χ0n) is 10.8. The molecule has 0 amide bonds. The molecule has 104 valence electrons. The monoisotopic (exact) mass is 281 g/mol. The summed E-state index contributed by atoms with van der Waals surface area (Å²) in [6, 6.07) is 13.7. The van der Waals surface area contributed by atoms with Crippen LogP contribution in [0.4, 0.5) is 0 Å². The Kier molecular flexibility index (Phi) is 3.12. The summed E-state index contributed by atoms with van der Waals surface area (Å²) in [5.74, 6) is -0.782. The van der Waals surface area contributed by atoms with Gasteiger partial charge >= 0.3 is 5.97 Å². The van der Waals surface area contributed by atoms with Gasteiger partial charge < -0.3 is 15.3 Å². The quantitative estimate of drug-likeness (QED) is 0.390. The molecule has 1 aromatic heterocycles. The van der Waals surface area contributed by atoms with E-state index in [1.54, 1.807) is 18.2 Å². The third-order valence-electron chi connectivity index (χ3n) is 3.13. The molecule has 0 fully saturated rings. The van der Waals surface area contributed by atoms with Gasteiger partial charge in [0.15, 0.2) is 11.5 Å². The normalized spacial score (nSPS) is 11.7. The van der Waals surface area contributed by atoms with Crippen LogP contribution in [-0.4, -0.2) is 32.0 Å². The Morgan fingerprint density at radius 3 is 2.38 bits per heavy atom. The maximum absolute atomic E-state index is 11.3. The van der Waals surface area contributed by atoms with Crippen LogP contribution < -0.4 is 0 Å². The lowest BCUT2D eigenvalue weighted by Gasteiger charge is -2.05. The van der Waals surface area contributed by atoms with E-state index in [1.807, 2.05) is 24.3 Å². The maximum Gasteiger partial charge on any atom is 0.336 e. The average molecular weight is 281 g/mol. The number of H-pyrrole nitrogens is 1. The van der Waals surface area contributed by atoms with Crippen LogP contribution in [-0.2, 0) is 0 Å². The molecule has 1 heterocycles. The molecule has 0 saturated heterocycles. The van der Waals surface area contributed by atoms with E-state index in [-0.39, 0.29) is 11.3 Å². The van der Waals surface area contributed by atoms with Gasteiger partial charge in [-0.1, -0.05) is 35.5 Å². The standard InChI is InChI=1S/C15H11N3O3/c19-15(20)10-6-2-1-5-9(10)13(18-21)14-16-11-7-3-4-8-12(11)17-14/h1-8,21H,(H,16,17)(H,19,20). The highest BCUT2D eigenvalue weighted by atomic mass is 16.4. The number of hydrogen-bond donors (Lipinski definition) is 3. The number of carboxylic acid groups (broad SMARTS) is 1. The van der Waals surface area contributed by atoms with Crippen molar-refractivity contribution < 1.29 is 15.1 Å². The minimum Gasteiger partial charge on any atom is -0.478 e. The Morgan fingerprint density at radius 1 is 1.05 bits per heavy atom. The van der Waals surface area contributed by atoms with Gasteiger partial charge in [-0.2, -0.15) is 0 Å². The number of hydrogen-bond acceptors (Lipinski definition) is 4. The Hall–Kier alpha value is -3.15. The molecule has 0 saturated carbocycles. The van der Waals surface area contributed by atoms with E-state index >= 15 is 0 Å². The van der Waals surface area contributed by atoms with Crippen molar-refractivity contribution in [2.45, 2.75) is 0 Å². The summed E-state index contributed by atoms with van der Waals surface area (Å²) in [5, 5.41) is 21.8. The van der Waals surface area contributed by atoms with E-state index in [4.69, 9.17) is 0 Å². The van der Waals surface area contributed by atoms with Gasteiger partial charge in [0.25, 0.3) is 0 Å². The van der Waals surface area contributed by atoms with Crippen molar-refractivity contribution in [1.29, 1.82) is 0 Å². The Labute approximate surface area is 119 Å². The molecule has 2 aromatic carbocycles. The molecule has 0 spiro atoms. The Morgan fingerprint density at radius 2 is 1.71 bits per heavy atom. The van der Waals surface area contributed by atoms with E-state index in [1.165, 1.54) is 6.07 Å². The van der Waals surface area contributed by atoms with E-state index in [0.717, 1.165) is 5.52 Å². The van der Waals surface area contributed by atoms with Crippen molar-refractivity contribution >= 4 is 22.7 Å². The van der Waals surface area contributed by atoms with Gasteiger partial charge in [0.2, 0.25) is 0 Å². The Balaban J connectivity index is 2.17. The van der Waals surface area contributed by atoms with Crippen molar-refractivity contribution in [2.24, 2.45) is 5.16 Å². The summed E-state index contributed by atoms with van der Waals surface area (Å²) in [4.78, 5) is 18.6. The lowest BCUT2D eigenvalue weighted by atomic mass is 10.0. The Bertz CT molecular complexity index is 819. The van der Waals surface area contributed by atoms with Gasteiger partial charge in [0.1, 0.15) is 0 Å². The second-order valence-electron chi connectivity index (χ2n) is 4.40. The summed E-state index contributed by atoms with van der Waals surface area (Å²) in [5.41, 5.74) is 1.92. The van der Waals surface area contributed by atoms with Crippen LogP contribution in [0.1, 0.15) is 21.7 Å². The molecular weight excluding hydrogens is 270 g/mol. The van der Waals surface area contributed by atoms with Crippen LogP contribution in [0.2, 0.25) is 0 Å². The highest BCUT2D eigenvalue weighted by molar-refractivity contribution is 6.16. The number of benzene rings is 2. The van der Waals surface area contributed by atoms with Crippen LogP contribution in [0.3, 0.4) is 0 Å². The number of imidazole rings is 1. The van der Waals surface area contributed by atoms with Crippen LogP contribution >= 0.6 is 0 Å². The van der Waals surface area contributed by atoms with Crippen molar-refractivity contribution in [1.82, 2.24) is 9.97 Å². The molecule has 3 rings (SSSR count). The lowest BCUT2D eigenvalue weighted by Crippen LogP contribution is -2.12. The first-order chi connectivity index (χ1) is 10.2. The number of para-hydroxylation sites is 2. The molecule has 6 heteroatoms. The van der Waals surface area contributed by atoms with Crippen molar-refractivity contribution in [3.05, 3.63) is 65.5 Å². The number of carbonyl (C=O) groups is 1. The van der Waals surface area contributed by atoms with E-state index in [9.17, 15) is 15.1 Å². The van der Waals surface area contributed by atoms with Crippen molar-refractivity contribution in [3.63, 3.8) is 0 Å². The number of nitrogens with one attached hydrogen (secondary N) is 1. The molecule has 21 heavy (non-hydrogen) atoms. The number of nitrogens with zero attached hydrogens (tertiary/aromatic N) is 2. The highest BCUT2D eigenvalue weighted by Gasteiger charge is 2.19. The van der Waals surface area contributed by atoms with Gasteiger partial charge in [0, 0.05) is 5.56 Å². The maximum atomic E-state index is 11.3. The van der Waals surface area contributed by atoms with Gasteiger partial charge in [-0.15, -0.1) is 0 Å². The average Bonchev–Trinajstić information content (AvgIpc) is 2.92. The predicted molar refractivity (Wildman–Crippen MR) is 76.9 cm³/mol. The van der Waals surface area contributed by atoms with E-state index in [2.05, 4.69) is 15.1 Å². The number of aromatic amines is 1. The lowest BCUT2D eigenvalue weighted by molar-refractivity contribution is 0.0696. The summed E-state index contributed by atoms with van der Waals surface area (Å²) in [6.07, 6.45) is 0. The molecule has 0 unspecified atom stereocenters. The second-order valence-corrected chi connectivity index (χ2v) is 4.40. The van der Waals surface area contributed by atoms with Crippen LogP contribution in [0.15, 0.2) is 53.7 Å². The predicted octanol–water partition coefficient (Wildman–Crippen LogP) is 2.49. The molecule has 0 aliphatic heterocycles. The second kappa shape index (κ2) is 5.09. The zero-order valence-corrected chi connectivity index (χ0v) is 10.8. The molecule has 0 bridgehead atoms. The van der Waals surface area contributed by atoms with Gasteiger partial charge in [-0.25, -0.2) is 9.78 Å². The van der Waals surface area contributed by atoms with Crippen molar-refractivity contribution in [2.75, 3.05) is 0 Å². The zero-order chi connectivity index (χ0) is 14.8. The SMILES string of the molecule is O=C(O)c1ccccc1C(=NO)c1nc2ccccc2[nH]1. The number of fused-ring (bicyclic) bond motifs is 1. The number of carboxylic acids is 1. The number of aromatic nitrogens is 2. The van der Waals surface area contributed by atoms with Crippen molar-refractivity contribution in [3.8, 4) is 0 Å². The topological polar surface area (TPSA) is 98.6 Å². The third kappa shape index (κ3) is 2.23. The van der Waals surface area contributed by atoms with Crippen LogP contribution in [0.25, 0.3) is 11.0 Å². The molecular formula is C15H11N3O3. The molecule has 0 aliphatic carbocycles. The summed E-state index contributed by atoms with van der Waals surface area (Å²) in [7, 11) is 0. The third-order valence-corrected chi connectivity index (χ3v) is 3.13. The smallest absolute Gasteiger partial charge is 0.336 e. The summed E-state index contributed by atoms with van der Waals surface area (Å²) >= 11 is 0. The minimum atomic E-state index is -1.09. The molecule has 3 aromatic rings. The van der Waals surface area contributed by atoms with E-state index < -0.39 is 5.97 Å². The molecule has 0 aliphatic rings. The van der Waals surface area contributed by atoms with Gasteiger partial charge in [-0.3, -0.25) is 0 Å². The number of rotatable bonds is 3. The first-order valence-corrected chi connectivity index (χ1v) is 6.20. The fourth-order valence-electron chi connectivity index (χ4n) is 2.17. The first-order valence-electron chi connectivity index (χ1n) is 6.20. The minimum absolute atomic E-state index is 0.0470. The molecule has 0 atom stereocenters. The summed E-state index contributed by atoms with van der Waals surface area (Å²) < 4.78 is 0. The fourth-order valence-corrected chi connectivity index (χ4v) is 2.17. The first kappa shape index (κ1) is 12.9. The largest absolute Gasteiger partial charge is 0.478 e. The van der Waals surface area contributed by atoms with Gasteiger partial charge in [0.05, 0.1) is 16.6 Å². The van der Waals surface area contributed by atoms with Crippen LogP contribution in [0.5, 0.6) is 0 Å². The van der Waals surface area contributed by atoms with E-state index in [0.29, 0.717) is 16.9 Å². The molecule has 6 nitrogen and oxygen atoms in total. The number of oxime groups is 1. The van der Waals surface area contributed by atoms with Crippen LogP contribution in [0, 0.1) is 0 Å². The number of aromatic carboxylic acids is 1. The fraction of sp³-hybridized carbons (Fsp3) is 0. The summed E-state index contributed by atoms with van der Waals surface area (Å²) in [6.45, 7) is 0. The molecule has 3 N–H and O–H groups in total. The molecule has 0 radical (unpaired) electrons. The van der Waals surface area contributed by atoms with Gasteiger partial charge in [-0.05, 0) is 18.2 Å².